The summed E-state index contributed by atoms with van der Waals surface area (Å²) in [6, 6.07) is 0. The summed E-state index contributed by atoms with van der Waals surface area (Å²) >= 11 is 0. The third kappa shape index (κ3) is 7.50. The van der Waals surface area contributed by atoms with Crippen molar-refractivity contribution in [1.29, 1.82) is 0 Å². The molecule has 1 saturated carbocycles. The molecule has 1 aliphatic carbocycles. The predicted molar refractivity (Wildman–Crippen MR) is 92.0 cm³/mol. The van der Waals surface area contributed by atoms with Gasteiger partial charge in [-0.05, 0) is 42.9 Å². The number of rotatable bonds is 11. The Morgan fingerprint density at radius 3 is 2.25 bits per heavy atom. The molecule has 118 valence electrons. The Morgan fingerprint density at radius 2 is 1.65 bits per heavy atom. The van der Waals surface area contributed by atoms with Crippen molar-refractivity contribution in [2.45, 2.75) is 91.9 Å². The molecule has 0 nitrogen and oxygen atoms in total. The van der Waals surface area contributed by atoms with Gasteiger partial charge < -0.3 is 0 Å². The minimum Gasteiger partial charge on any atom is -0.0885 e. The van der Waals surface area contributed by atoms with Crippen LogP contribution in [0.15, 0.2) is 12.2 Å². The molecule has 3 unspecified atom stereocenters. The van der Waals surface area contributed by atoms with Gasteiger partial charge in [0.1, 0.15) is 0 Å². The Morgan fingerprint density at radius 1 is 0.950 bits per heavy atom. The van der Waals surface area contributed by atoms with E-state index in [1.807, 2.05) is 0 Å². The number of hydrogen-bond acceptors (Lipinski definition) is 0. The molecule has 0 bridgehead atoms. The summed E-state index contributed by atoms with van der Waals surface area (Å²) in [5.41, 5.74) is 0. The Balaban J connectivity index is 2.02. The van der Waals surface area contributed by atoms with E-state index in [-0.39, 0.29) is 0 Å². The normalized spacial score (nSPS) is 20.8. The van der Waals surface area contributed by atoms with Gasteiger partial charge in [0, 0.05) is 0 Å². The maximum absolute atomic E-state index is 2.47. The standard InChI is InChI=1S/C20H38/c1-5-10-17(2)11-7-6-8-12-18(3)19(4)15-16-20-13-9-14-20/h6-7,17-20H,5,8-16H2,1-4H3. The minimum absolute atomic E-state index is 0.870. The van der Waals surface area contributed by atoms with Gasteiger partial charge in [-0.1, -0.05) is 84.8 Å². The molecular formula is C20H38. The van der Waals surface area contributed by atoms with Crippen LogP contribution in [0.4, 0.5) is 0 Å². The average Bonchev–Trinajstić information content (AvgIpc) is 2.36. The lowest BCUT2D eigenvalue weighted by atomic mass is 9.78. The van der Waals surface area contributed by atoms with Crippen molar-refractivity contribution in [2.24, 2.45) is 23.7 Å². The third-order valence-electron chi connectivity index (χ3n) is 5.50. The van der Waals surface area contributed by atoms with Crippen molar-refractivity contribution in [3.05, 3.63) is 12.2 Å². The van der Waals surface area contributed by atoms with E-state index in [0.29, 0.717) is 0 Å². The molecule has 0 heteroatoms. The highest BCUT2D eigenvalue weighted by molar-refractivity contribution is 4.84. The van der Waals surface area contributed by atoms with Crippen LogP contribution < -0.4 is 0 Å². The van der Waals surface area contributed by atoms with Crippen LogP contribution in [0, 0.1) is 23.7 Å². The molecule has 0 saturated heterocycles. The van der Waals surface area contributed by atoms with E-state index in [1.54, 1.807) is 0 Å². The molecule has 0 amide bonds. The summed E-state index contributed by atoms with van der Waals surface area (Å²) in [5.74, 6) is 3.77. The van der Waals surface area contributed by atoms with Crippen LogP contribution in [0.1, 0.15) is 91.9 Å². The summed E-state index contributed by atoms with van der Waals surface area (Å²) < 4.78 is 0. The monoisotopic (exact) mass is 278 g/mol. The highest BCUT2D eigenvalue weighted by Gasteiger charge is 2.19. The lowest BCUT2D eigenvalue weighted by Gasteiger charge is -2.28. The predicted octanol–water partition coefficient (Wildman–Crippen LogP) is 7.00. The summed E-state index contributed by atoms with van der Waals surface area (Å²) in [5, 5.41) is 0. The molecule has 3 atom stereocenters. The van der Waals surface area contributed by atoms with Crippen LogP contribution in [-0.4, -0.2) is 0 Å². The smallest absolute Gasteiger partial charge is 0.0325 e. The van der Waals surface area contributed by atoms with Gasteiger partial charge in [0.15, 0.2) is 0 Å². The number of hydrogen-bond donors (Lipinski definition) is 0. The Bertz CT molecular complexity index is 249. The van der Waals surface area contributed by atoms with Crippen LogP contribution in [0.2, 0.25) is 0 Å². The Labute approximate surface area is 128 Å². The molecule has 1 aliphatic rings. The highest BCUT2D eigenvalue weighted by atomic mass is 14.3. The zero-order valence-electron chi connectivity index (χ0n) is 14.5. The molecule has 1 fully saturated rings. The third-order valence-corrected chi connectivity index (χ3v) is 5.50. The van der Waals surface area contributed by atoms with E-state index in [1.165, 1.54) is 64.2 Å². The molecular weight excluding hydrogens is 240 g/mol. The van der Waals surface area contributed by atoms with E-state index < -0.39 is 0 Å². The van der Waals surface area contributed by atoms with Crippen molar-refractivity contribution in [1.82, 2.24) is 0 Å². The van der Waals surface area contributed by atoms with Crippen LogP contribution in [-0.2, 0) is 0 Å². The van der Waals surface area contributed by atoms with Gasteiger partial charge in [0.25, 0.3) is 0 Å². The van der Waals surface area contributed by atoms with E-state index in [2.05, 4.69) is 39.8 Å². The van der Waals surface area contributed by atoms with E-state index in [0.717, 1.165) is 23.7 Å². The highest BCUT2D eigenvalue weighted by Crippen LogP contribution is 2.33. The number of allylic oxidation sites excluding steroid dienone is 2. The van der Waals surface area contributed by atoms with Crippen LogP contribution in [0.5, 0.6) is 0 Å². The summed E-state index contributed by atoms with van der Waals surface area (Å²) in [7, 11) is 0. The van der Waals surface area contributed by atoms with Crippen LogP contribution in [0.3, 0.4) is 0 Å². The molecule has 20 heavy (non-hydrogen) atoms. The summed E-state index contributed by atoms with van der Waals surface area (Å²) in [6.07, 6.45) is 19.0. The molecule has 0 aromatic rings. The van der Waals surface area contributed by atoms with Crippen molar-refractivity contribution in [2.75, 3.05) is 0 Å². The van der Waals surface area contributed by atoms with Gasteiger partial charge in [0.2, 0.25) is 0 Å². The van der Waals surface area contributed by atoms with E-state index in [9.17, 15) is 0 Å². The van der Waals surface area contributed by atoms with E-state index >= 15 is 0 Å². The van der Waals surface area contributed by atoms with Gasteiger partial charge >= 0.3 is 0 Å². The summed E-state index contributed by atoms with van der Waals surface area (Å²) in [6.45, 7) is 9.58. The first-order valence-corrected chi connectivity index (χ1v) is 9.28. The quantitative estimate of drug-likeness (QED) is 0.357. The van der Waals surface area contributed by atoms with Crippen LogP contribution in [0.25, 0.3) is 0 Å². The van der Waals surface area contributed by atoms with Gasteiger partial charge in [-0.15, -0.1) is 0 Å². The first-order chi connectivity index (χ1) is 9.63. The van der Waals surface area contributed by atoms with Crippen molar-refractivity contribution in [3.8, 4) is 0 Å². The Kier molecular flexibility index (Phi) is 9.31. The van der Waals surface area contributed by atoms with Crippen LogP contribution >= 0.6 is 0 Å². The van der Waals surface area contributed by atoms with Crippen molar-refractivity contribution >= 4 is 0 Å². The molecule has 0 heterocycles. The molecule has 0 aliphatic heterocycles. The fraction of sp³-hybridized carbons (Fsp3) is 0.900. The van der Waals surface area contributed by atoms with E-state index in [4.69, 9.17) is 0 Å². The molecule has 0 spiro atoms. The molecule has 1 rings (SSSR count). The van der Waals surface area contributed by atoms with Gasteiger partial charge in [0.05, 0.1) is 0 Å². The lowest BCUT2D eigenvalue weighted by molar-refractivity contribution is 0.247. The van der Waals surface area contributed by atoms with Gasteiger partial charge in [-0.25, -0.2) is 0 Å². The summed E-state index contributed by atoms with van der Waals surface area (Å²) in [4.78, 5) is 0. The maximum atomic E-state index is 2.47. The molecule has 0 N–H and O–H groups in total. The molecule has 0 radical (unpaired) electrons. The largest absolute Gasteiger partial charge is 0.0885 e. The fourth-order valence-corrected chi connectivity index (χ4v) is 3.27. The second-order valence-electron chi connectivity index (χ2n) is 7.51. The van der Waals surface area contributed by atoms with Gasteiger partial charge in [-0.2, -0.15) is 0 Å². The molecule has 0 aromatic heterocycles. The second-order valence-corrected chi connectivity index (χ2v) is 7.51. The lowest BCUT2D eigenvalue weighted by Crippen LogP contribution is -2.14. The zero-order valence-corrected chi connectivity index (χ0v) is 14.5. The topological polar surface area (TPSA) is 0 Å². The van der Waals surface area contributed by atoms with Gasteiger partial charge in [-0.3, -0.25) is 0 Å². The fourth-order valence-electron chi connectivity index (χ4n) is 3.27. The Hall–Kier alpha value is -0.260. The maximum Gasteiger partial charge on any atom is -0.0325 e. The SMILES string of the molecule is CCCC(C)CC=CCCC(C)C(C)CCC1CCC1. The second kappa shape index (κ2) is 10.5. The minimum atomic E-state index is 0.870. The first kappa shape index (κ1) is 17.8. The average molecular weight is 279 g/mol. The first-order valence-electron chi connectivity index (χ1n) is 9.28. The van der Waals surface area contributed by atoms with Crippen molar-refractivity contribution < 1.29 is 0 Å². The zero-order chi connectivity index (χ0) is 14.8. The molecule has 0 aromatic carbocycles. The van der Waals surface area contributed by atoms with Crippen molar-refractivity contribution in [3.63, 3.8) is 0 Å².